The van der Waals surface area contributed by atoms with E-state index in [-0.39, 0.29) is 11.8 Å². The first-order valence-corrected chi connectivity index (χ1v) is 9.37. The van der Waals surface area contributed by atoms with Crippen molar-refractivity contribution in [1.82, 2.24) is 20.1 Å². The van der Waals surface area contributed by atoms with Crippen molar-refractivity contribution in [1.29, 1.82) is 0 Å². The fourth-order valence-electron chi connectivity index (χ4n) is 3.20. The number of aromatic nitrogens is 3. The fourth-order valence-corrected chi connectivity index (χ4v) is 4.18. The molecule has 0 spiro atoms. The Balaban J connectivity index is 1.44. The molecule has 3 aromatic rings. The van der Waals surface area contributed by atoms with Gasteiger partial charge in [-0.25, -0.2) is 9.78 Å². The number of hydrogen-bond acceptors (Lipinski definition) is 6. The third-order valence-electron chi connectivity index (χ3n) is 4.72. The van der Waals surface area contributed by atoms with Gasteiger partial charge in [0.15, 0.2) is 5.82 Å². The summed E-state index contributed by atoms with van der Waals surface area (Å²) >= 11 is 1.44. The summed E-state index contributed by atoms with van der Waals surface area (Å²) in [4.78, 5) is 29.4. The zero-order chi connectivity index (χ0) is 19.0. The maximum absolute atomic E-state index is 12.5. The molecule has 1 aliphatic rings. The Morgan fingerprint density at radius 1 is 1.33 bits per heavy atom. The van der Waals surface area contributed by atoms with Crippen LogP contribution < -0.4 is 11.1 Å². The van der Waals surface area contributed by atoms with Crippen LogP contribution in [0.5, 0.6) is 0 Å². The largest absolute Gasteiger partial charge is 0.465 e. The van der Waals surface area contributed by atoms with Crippen molar-refractivity contribution in [3.05, 3.63) is 34.3 Å². The number of nitrogens with one attached hydrogen (secondary N) is 2. The van der Waals surface area contributed by atoms with Crippen molar-refractivity contribution in [3.63, 3.8) is 0 Å². The molecule has 27 heavy (non-hydrogen) atoms. The van der Waals surface area contributed by atoms with Crippen LogP contribution in [0.1, 0.15) is 34.3 Å². The molecule has 1 saturated heterocycles. The number of carbonyl (C=O) groups excluding carboxylic acids is 1. The van der Waals surface area contributed by atoms with Gasteiger partial charge in [-0.1, -0.05) is 0 Å². The van der Waals surface area contributed by atoms with Gasteiger partial charge in [0.05, 0.1) is 10.5 Å². The number of anilines is 2. The average Bonchev–Trinajstić information content (AvgIpc) is 3.30. The number of amides is 2. The van der Waals surface area contributed by atoms with Gasteiger partial charge < -0.3 is 21.1 Å². The molecule has 4 rings (SSSR count). The van der Waals surface area contributed by atoms with Crippen LogP contribution in [0.3, 0.4) is 0 Å². The number of likely N-dealkylation sites (tertiary alicyclic amines) is 1. The minimum atomic E-state index is -0.886. The summed E-state index contributed by atoms with van der Waals surface area (Å²) in [7, 11) is 0. The molecule has 2 amide bonds. The maximum Gasteiger partial charge on any atom is 0.407 e. The minimum Gasteiger partial charge on any atom is -0.465 e. The average molecular weight is 386 g/mol. The molecule has 9 nitrogen and oxygen atoms in total. The van der Waals surface area contributed by atoms with E-state index in [0.29, 0.717) is 30.3 Å². The van der Waals surface area contributed by atoms with E-state index in [1.165, 1.54) is 16.2 Å². The van der Waals surface area contributed by atoms with Crippen molar-refractivity contribution in [2.24, 2.45) is 0 Å². The fraction of sp³-hybridized carbons (Fsp3) is 0.294. The highest BCUT2D eigenvalue weighted by Gasteiger charge is 2.26. The van der Waals surface area contributed by atoms with Crippen LogP contribution >= 0.6 is 11.3 Å². The van der Waals surface area contributed by atoms with E-state index in [2.05, 4.69) is 20.5 Å². The van der Waals surface area contributed by atoms with E-state index < -0.39 is 6.09 Å². The maximum atomic E-state index is 12.5. The number of hydrogen-bond donors (Lipinski definition) is 4. The number of piperidine rings is 1. The Bertz CT molecular complexity index is 1010. The molecule has 0 aliphatic carbocycles. The first kappa shape index (κ1) is 17.3. The molecule has 2 aromatic heterocycles. The lowest BCUT2D eigenvalue weighted by Crippen LogP contribution is -2.36. The second-order valence-electron chi connectivity index (χ2n) is 6.44. The van der Waals surface area contributed by atoms with Gasteiger partial charge >= 0.3 is 6.09 Å². The van der Waals surface area contributed by atoms with E-state index in [4.69, 9.17) is 10.8 Å². The van der Waals surface area contributed by atoms with Gasteiger partial charge in [0.2, 0.25) is 0 Å². The van der Waals surface area contributed by atoms with Gasteiger partial charge in [0, 0.05) is 35.5 Å². The van der Waals surface area contributed by atoms with Crippen molar-refractivity contribution in [2.75, 3.05) is 24.1 Å². The van der Waals surface area contributed by atoms with E-state index >= 15 is 0 Å². The quantitative estimate of drug-likeness (QED) is 0.546. The van der Waals surface area contributed by atoms with Crippen LogP contribution in [0, 0.1) is 0 Å². The number of aromatic amines is 1. The van der Waals surface area contributed by atoms with Gasteiger partial charge in [-0.05, 0) is 31.0 Å². The summed E-state index contributed by atoms with van der Waals surface area (Å²) in [6, 6.07) is 5.34. The summed E-state index contributed by atoms with van der Waals surface area (Å²) in [5.74, 6) is 0.279. The third kappa shape index (κ3) is 3.43. The Morgan fingerprint density at radius 3 is 2.85 bits per heavy atom. The summed E-state index contributed by atoms with van der Waals surface area (Å²) in [5.41, 5.74) is 7.57. The summed E-state index contributed by atoms with van der Waals surface area (Å²) in [6.07, 6.45) is 0.553. The number of nitrogens with two attached hydrogens (primary N) is 1. The van der Waals surface area contributed by atoms with Crippen LogP contribution in [0.2, 0.25) is 0 Å². The number of carbonyl (C=O) groups is 2. The van der Waals surface area contributed by atoms with Crippen LogP contribution in [0.25, 0.3) is 10.9 Å². The SMILES string of the molecule is Nc1n[nH]c2ccc(NC(=O)c3csc(C4CCN(C(=O)O)CC4)n3)cc12. The molecule has 0 saturated carbocycles. The van der Waals surface area contributed by atoms with Gasteiger partial charge in [-0.3, -0.25) is 9.89 Å². The van der Waals surface area contributed by atoms with Crippen molar-refractivity contribution < 1.29 is 14.7 Å². The van der Waals surface area contributed by atoms with E-state index in [0.717, 1.165) is 28.8 Å². The van der Waals surface area contributed by atoms with E-state index in [9.17, 15) is 9.59 Å². The summed E-state index contributed by atoms with van der Waals surface area (Å²) < 4.78 is 0. The number of nitrogens with zero attached hydrogens (tertiary/aromatic N) is 3. The third-order valence-corrected chi connectivity index (χ3v) is 5.73. The lowest BCUT2D eigenvalue weighted by molar-refractivity contribution is 0.102. The summed E-state index contributed by atoms with van der Waals surface area (Å²) in [5, 5.41) is 22.0. The monoisotopic (exact) mass is 386 g/mol. The minimum absolute atomic E-state index is 0.189. The number of thiazole rings is 1. The van der Waals surface area contributed by atoms with E-state index in [1.54, 1.807) is 23.6 Å². The molecule has 0 atom stereocenters. The Morgan fingerprint density at radius 2 is 2.11 bits per heavy atom. The highest BCUT2D eigenvalue weighted by Crippen LogP contribution is 2.30. The smallest absolute Gasteiger partial charge is 0.407 e. The second kappa shape index (κ2) is 6.88. The van der Waals surface area contributed by atoms with Gasteiger partial charge in [0.25, 0.3) is 5.91 Å². The van der Waals surface area contributed by atoms with Crippen LogP contribution in [-0.4, -0.2) is 50.3 Å². The highest BCUT2D eigenvalue weighted by atomic mass is 32.1. The number of fused-ring (bicyclic) bond motifs is 1. The predicted molar refractivity (Wildman–Crippen MR) is 102 cm³/mol. The van der Waals surface area contributed by atoms with Crippen molar-refractivity contribution in [3.8, 4) is 0 Å². The molecular formula is C17H18N6O3S. The molecule has 0 radical (unpaired) electrons. The lowest BCUT2D eigenvalue weighted by Gasteiger charge is -2.28. The second-order valence-corrected chi connectivity index (χ2v) is 7.33. The van der Waals surface area contributed by atoms with E-state index in [1.807, 2.05) is 0 Å². The molecule has 3 heterocycles. The standard InChI is InChI=1S/C17H18N6O3S/c18-14-11-7-10(1-2-12(11)21-22-14)19-15(24)13-8-27-16(20-13)9-3-5-23(6-4-9)17(25)26/h1-2,7-9H,3-6H2,(H,19,24)(H,25,26)(H3,18,21,22). The molecule has 1 fully saturated rings. The first-order valence-electron chi connectivity index (χ1n) is 8.49. The first-order chi connectivity index (χ1) is 13.0. The Hall–Kier alpha value is -3.14. The number of H-pyrrole nitrogens is 1. The Kier molecular flexibility index (Phi) is 4.40. The topological polar surface area (TPSA) is 137 Å². The van der Waals surface area contributed by atoms with Crippen LogP contribution in [-0.2, 0) is 0 Å². The van der Waals surface area contributed by atoms with Crippen molar-refractivity contribution >= 4 is 45.7 Å². The number of carboxylic acid groups (broad SMARTS) is 1. The number of rotatable bonds is 3. The molecule has 10 heteroatoms. The Labute approximate surface area is 158 Å². The molecule has 5 N–H and O–H groups in total. The highest BCUT2D eigenvalue weighted by molar-refractivity contribution is 7.10. The zero-order valence-corrected chi connectivity index (χ0v) is 15.1. The number of nitrogen functional groups attached to an aromatic ring is 1. The molecule has 0 bridgehead atoms. The summed E-state index contributed by atoms with van der Waals surface area (Å²) in [6.45, 7) is 0.987. The zero-order valence-electron chi connectivity index (χ0n) is 14.3. The number of benzene rings is 1. The van der Waals surface area contributed by atoms with Crippen LogP contribution in [0.4, 0.5) is 16.3 Å². The molecule has 140 valence electrons. The van der Waals surface area contributed by atoms with Gasteiger partial charge in [-0.15, -0.1) is 11.3 Å². The normalized spacial score (nSPS) is 15.2. The lowest BCUT2D eigenvalue weighted by atomic mass is 9.98. The molecular weight excluding hydrogens is 368 g/mol. The van der Waals surface area contributed by atoms with Crippen molar-refractivity contribution in [2.45, 2.75) is 18.8 Å². The van der Waals surface area contributed by atoms with Gasteiger partial charge in [0.1, 0.15) is 5.69 Å². The molecule has 1 aromatic carbocycles. The molecule has 0 unspecified atom stereocenters. The predicted octanol–water partition coefficient (Wildman–Crippen LogP) is 2.71. The van der Waals surface area contributed by atoms with Gasteiger partial charge in [-0.2, -0.15) is 5.10 Å². The molecule has 1 aliphatic heterocycles. The van der Waals surface area contributed by atoms with Crippen LogP contribution in [0.15, 0.2) is 23.6 Å².